The summed E-state index contributed by atoms with van der Waals surface area (Å²) in [4.78, 5) is 2.41. The van der Waals surface area contributed by atoms with Crippen LogP contribution in [0.3, 0.4) is 0 Å². The fourth-order valence-electron chi connectivity index (χ4n) is 1.81. The van der Waals surface area contributed by atoms with E-state index >= 15 is 0 Å². The van der Waals surface area contributed by atoms with Crippen molar-refractivity contribution in [3.63, 3.8) is 0 Å². The molecular weight excluding hydrogens is 184 g/mol. The minimum Gasteiger partial charge on any atom is -0.315 e. The zero-order valence-corrected chi connectivity index (χ0v) is 11.0. The van der Waals surface area contributed by atoms with Gasteiger partial charge in [0, 0.05) is 19.1 Å². The molecule has 0 fully saturated rings. The fourth-order valence-corrected chi connectivity index (χ4v) is 1.81. The molecule has 0 spiro atoms. The van der Waals surface area contributed by atoms with Crippen molar-refractivity contribution in [3.05, 3.63) is 12.2 Å². The van der Waals surface area contributed by atoms with Crippen LogP contribution >= 0.6 is 0 Å². The maximum Gasteiger partial charge on any atom is 0.0220 e. The van der Waals surface area contributed by atoms with Gasteiger partial charge in [-0.25, -0.2) is 0 Å². The average molecular weight is 212 g/mol. The van der Waals surface area contributed by atoms with Gasteiger partial charge in [-0.2, -0.15) is 0 Å². The van der Waals surface area contributed by atoms with Crippen molar-refractivity contribution < 1.29 is 0 Å². The van der Waals surface area contributed by atoms with Crippen LogP contribution in [0.25, 0.3) is 0 Å². The maximum absolute atomic E-state index is 3.97. The van der Waals surface area contributed by atoms with Gasteiger partial charge in [-0.1, -0.05) is 32.4 Å². The van der Waals surface area contributed by atoms with Gasteiger partial charge in [-0.15, -0.1) is 0 Å². The van der Waals surface area contributed by atoms with Gasteiger partial charge < -0.3 is 5.32 Å². The van der Waals surface area contributed by atoms with Gasteiger partial charge in [0.2, 0.25) is 0 Å². The zero-order chi connectivity index (χ0) is 11.7. The molecule has 1 unspecified atom stereocenters. The third-order valence-electron chi connectivity index (χ3n) is 2.57. The minimum atomic E-state index is 0.651. The Hall–Kier alpha value is -0.340. The fraction of sp³-hybridized carbons (Fsp3) is 0.846. The first-order valence-electron chi connectivity index (χ1n) is 6.17. The summed E-state index contributed by atoms with van der Waals surface area (Å²) in [5.41, 5.74) is 1.24. The van der Waals surface area contributed by atoms with Crippen molar-refractivity contribution in [1.82, 2.24) is 10.2 Å². The van der Waals surface area contributed by atoms with Crippen molar-refractivity contribution in [2.24, 2.45) is 0 Å². The summed E-state index contributed by atoms with van der Waals surface area (Å²) >= 11 is 0. The van der Waals surface area contributed by atoms with E-state index in [1.165, 1.54) is 24.8 Å². The monoisotopic (exact) mass is 212 g/mol. The van der Waals surface area contributed by atoms with E-state index in [4.69, 9.17) is 0 Å². The number of nitrogens with one attached hydrogen (secondary N) is 1. The van der Waals surface area contributed by atoms with E-state index in [1.54, 1.807) is 0 Å². The molecule has 0 rings (SSSR count). The molecule has 90 valence electrons. The summed E-state index contributed by atoms with van der Waals surface area (Å²) in [5.74, 6) is 0. The molecule has 0 bridgehead atoms. The molecule has 0 radical (unpaired) electrons. The first kappa shape index (κ1) is 14.7. The highest BCUT2D eigenvalue weighted by molar-refractivity contribution is 4.92. The maximum atomic E-state index is 3.97. The second-order valence-electron chi connectivity index (χ2n) is 4.52. The predicted octanol–water partition coefficient (Wildman–Crippen LogP) is 2.66. The molecule has 2 heteroatoms. The molecule has 0 heterocycles. The molecule has 0 aliphatic rings. The molecule has 15 heavy (non-hydrogen) atoms. The average Bonchev–Trinajstić information content (AvgIpc) is 2.15. The lowest BCUT2D eigenvalue weighted by atomic mass is 10.1. The predicted molar refractivity (Wildman–Crippen MR) is 69.3 cm³/mol. The van der Waals surface area contributed by atoms with Gasteiger partial charge in [0.15, 0.2) is 0 Å². The molecular formula is C13H28N2. The summed E-state index contributed by atoms with van der Waals surface area (Å²) in [6, 6.07) is 0.651. The highest BCUT2D eigenvalue weighted by Crippen LogP contribution is 2.06. The second kappa shape index (κ2) is 8.93. The number of hydrogen-bond donors (Lipinski definition) is 1. The number of rotatable bonds is 9. The van der Waals surface area contributed by atoms with E-state index in [0.717, 1.165) is 19.6 Å². The van der Waals surface area contributed by atoms with Gasteiger partial charge in [-0.05, 0) is 33.4 Å². The normalized spacial score (nSPS) is 13.1. The largest absolute Gasteiger partial charge is 0.315 e. The quantitative estimate of drug-likeness (QED) is 0.467. The Morgan fingerprint density at radius 1 is 1.33 bits per heavy atom. The summed E-state index contributed by atoms with van der Waals surface area (Å²) < 4.78 is 0. The Labute approximate surface area is 95.7 Å². The molecule has 2 nitrogen and oxygen atoms in total. The minimum absolute atomic E-state index is 0.651. The van der Waals surface area contributed by atoms with Crippen LogP contribution in [-0.2, 0) is 0 Å². The number of hydrogen-bond acceptors (Lipinski definition) is 2. The van der Waals surface area contributed by atoms with Crippen LogP contribution in [0.2, 0.25) is 0 Å². The first-order chi connectivity index (χ1) is 7.11. The van der Waals surface area contributed by atoms with E-state index in [9.17, 15) is 0 Å². The van der Waals surface area contributed by atoms with E-state index in [1.807, 2.05) is 0 Å². The standard InChI is InChI=1S/C13H28N2/c1-6-8-13(10-14-9-7-2)15(5)11-12(3)4/h13-14H,3,6-11H2,1-2,4-5H3. The summed E-state index contributed by atoms with van der Waals surface area (Å²) in [6.45, 7) is 13.8. The summed E-state index contributed by atoms with van der Waals surface area (Å²) in [7, 11) is 2.20. The molecule has 0 aromatic carbocycles. The molecule has 1 N–H and O–H groups in total. The van der Waals surface area contributed by atoms with Crippen molar-refractivity contribution in [3.8, 4) is 0 Å². The molecule has 0 aromatic rings. The molecule has 0 aliphatic carbocycles. The smallest absolute Gasteiger partial charge is 0.0220 e. The number of nitrogens with zero attached hydrogens (tertiary/aromatic N) is 1. The van der Waals surface area contributed by atoms with E-state index in [-0.39, 0.29) is 0 Å². The Bertz CT molecular complexity index is 166. The topological polar surface area (TPSA) is 15.3 Å². The SMILES string of the molecule is C=C(C)CN(C)C(CCC)CNCCC. The Balaban J connectivity index is 3.93. The molecule has 0 aromatic heterocycles. The zero-order valence-electron chi connectivity index (χ0n) is 11.0. The third-order valence-corrected chi connectivity index (χ3v) is 2.57. The van der Waals surface area contributed by atoms with Gasteiger partial charge in [0.05, 0.1) is 0 Å². The van der Waals surface area contributed by atoms with Crippen LogP contribution in [0.5, 0.6) is 0 Å². The van der Waals surface area contributed by atoms with Crippen LogP contribution in [-0.4, -0.2) is 37.6 Å². The molecule has 0 aliphatic heterocycles. The Morgan fingerprint density at radius 3 is 2.47 bits per heavy atom. The van der Waals surface area contributed by atoms with E-state index in [0.29, 0.717) is 6.04 Å². The van der Waals surface area contributed by atoms with Crippen LogP contribution in [0.4, 0.5) is 0 Å². The molecule has 0 amide bonds. The van der Waals surface area contributed by atoms with Crippen LogP contribution in [0.1, 0.15) is 40.0 Å². The molecule has 1 atom stereocenters. The van der Waals surface area contributed by atoms with Crippen LogP contribution in [0, 0.1) is 0 Å². The summed E-state index contributed by atoms with van der Waals surface area (Å²) in [5, 5.41) is 3.50. The van der Waals surface area contributed by atoms with E-state index in [2.05, 4.69) is 44.6 Å². The van der Waals surface area contributed by atoms with Crippen LogP contribution in [0.15, 0.2) is 12.2 Å². The van der Waals surface area contributed by atoms with Crippen LogP contribution < -0.4 is 5.32 Å². The highest BCUT2D eigenvalue weighted by Gasteiger charge is 2.12. The van der Waals surface area contributed by atoms with Crippen molar-refractivity contribution >= 4 is 0 Å². The highest BCUT2D eigenvalue weighted by atomic mass is 15.1. The van der Waals surface area contributed by atoms with Crippen molar-refractivity contribution in [2.75, 3.05) is 26.7 Å². The van der Waals surface area contributed by atoms with Crippen molar-refractivity contribution in [2.45, 2.75) is 46.1 Å². The lowest BCUT2D eigenvalue weighted by Gasteiger charge is -2.28. The third kappa shape index (κ3) is 7.57. The lowest BCUT2D eigenvalue weighted by Crippen LogP contribution is -2.40. The second-order valence-corrected chi connectivity index (χ2v) is 4.52. The lowest BCUT2D eigenvalue weighted by molar-refractivity contribution is 0.239. The molecule has 0 saturated carbocycles. The van der Waals surface area contributed by atoms with Gasteiger partial charge >= 0.3 is 0 Å². The van der Waals surface area contributed by atoms with Gasteiger partial charge in [0.1, 0.15) is 0 Å². The number of likely N-dealkylation sites (N-methyl/N-ethyl adjacent to an activating group) is 1. The van der Waals surface area contributed by atoms with Crippen molar-refractivity contribution in [1.29, 1.82) is 0 Å². The summed E-state index contributed by atoms with van der Waals surface area (Å²) in [6.07, 6.45) is 3.72. The van der Waals surface area contributed by atoms with Gasteiger partial charge in [0.25, 0.3) is 0 Å². The Morgan fingerprint density at radius 2 is 2.00 bits per heavy atom. The Kier molecular flexibility index (Phi) is 8.73. The van der Waals surface area contributed by atoms with E-state index < -0.39 is 0 Å². The molecule has 0 saturated heterocycles. The van der Waals surface area contributed by atoms with Gasteiger partial charge in [-0.3, -0.25) is 4.90 Å². The first-order valence-corrected chi connectivity index (χ1v) is 6.17.